The Bertz CT molecular complexity index is 593. The third-order valence-electron chi connectivity index (χ3n) is 2.50. The molecule has 0 fully saturated rings. The maximum Gasteiger partial charge on any atom is 0.0406 e. The smallest absolute Gasteiger partial charge is 0.0406 e. The summed E-state index contributed by atoms with van der Waals surface area (Å²) in [6.45, 7) is 2.07. The summed E-state index contributed by atoms with van der Waals surface area (Å²) in [7, 11) is 0. The van der Waals surface area contributed by atoms with Gasteiger partial charge in [-0.05, 0) is 48.9 Å². The van der Waals surface area contributed by atoms with Crippen molar-refractivity contribution >= 4 is 17.7 Å². The molecule has 0 saturated heterocycles. The summed E-state index contributed by atoms with van der Waals surface area (Å²) in [4.78, 5) is 0. The first-order valence-corrected chi connectivity index (χ1v) is 6.12. The van der Waals surface area contributed by atoms with Crippen molar-refractivity contribution in [1.82, 2.24) is 0 Å². The van der Waals surface area contributed by atoms with Crippen LogP contribution in [0.3, 0.4) is 0 Å². The zero-order valence-corrected chi connectivity index (χ0v) is 10.9. The number of halogens is 1. The van der Waals surface area contributed by atoms with Gasteiger partial charge in [0, 0.05) is 10.6 Å². The third kappa shape index (κ3) is 3.80. The summed E-state index contributed by atoms with van der Waals surface area (Å²) in [5, 5.41) is 0.748. The number of rotatable bonds is 1. The minimum absolute atomic E-state index is 0.748. The van der Waals surface area contributed by atoms with E-state index in [4.69, 9.17) is 11.6 Å². The molecule has 2 rings (SSSR count). The number of hydrogen-bond acceptors (Lipinski definition) is 0. The summed E-state index contributed by atoms with van der Waals surface area (Å²) < 4.78 is 0. The van der Waals surface area contributed by atoms with Crippen LogP contribution in [0.5, 0.6) is 0 Å². The fourth-order valence-corrected chi connectivity index (χ4v) is 1.60. The van der Waals surface area contributed by atoms with Gasteiger partial charge in [0.2, 0.25) is 0 Å². The zero-order chi connectivity index (χ0) is 12.8. The molecule has 0 spiro atoms. The molecule has 0 unspecified atom stereocenters. The topological polar surface area (TPSA) is 0 Å². The Labute approximate surface area is 113 Å². The minimum Gasteiger partial charge on any atom is -0.0843 e. The van der Waals surface area contributed by atoms with E-state index in [1.807, 2.05) is 48.6 Å². The fourth-order valence-electron chi connectivity index (χ4n) is 1.47. The Morgan fingerprint density at radius 1 is 0.944 bits per heavy atom. The van der Waals surface area contributed by atoms with E-state index in [1.165, 1.54) is 5.56 Å². The largest absolute Gasteiger partial charge is 0.0843 e. The average molecular weight is 253 g/mol. The van der Waals surface area contributed by atoms with Crippen molar-refractivity contribution in [3.05, 3.63) is 76.3 Å². The van der Waals surface area contributed by atoms with E-state index in [0.717, 1.165) is 16.1 Å². The lowest BCUT2D eigenvalue weighted by atomic mass is 10.1. The number of allylic oxidation sites excluding steroid dienone is 1. The molecule has 0 aliphatic heterocycles. The van der Waals surface area contributed by atoms with Crippen molar-refractivity contribution < 1.29 is 0 Å². The van der Waals surface area contributed by atoms with Crippen molar-refractivity contribution in [3.63, 3.8) is 0 Å². The maximum atomic E-state index is 5.81. The molecule has 0 amide bonds. The van der Waals surface area contributed by atoms with Crippen LogP contribution in [-0.4, -0.2) is 0 Å². The van der Waals surface area contributed by atoms with Crippen molar-refractivity contribution in [2.75, 3.05) is 0 Å². The van der Waals surface area contributed by atoms with Gasteiger partial charge in [-0.2, -0.15) is 0 Å². The Balaban J connectivity index is 2.03. The Morgan fingerprint density at radius 2 is 1.61 bits per heavy atom. The predicted molar refractivity (Wildman–Crippen MR) is 78.5 cm³/mol. The highest BCUT2D eigenvalue weighted by molar-refractivity contribution is 6.30. The van der Waals surface area contributed by atoms with Gasteiger partial charge in [0.15, 0.2) is 0 Å². The first-order chi connectivity index (χ1) is 8.74. The highest BCUT2D eigenvalue weighted by atomic mass is 35.5. The highest BCUT2D eigenvalue weighted by Gasteiger charge is 1.86. The van der Waals surface area contributed by atoms with E-state index in [1.54, 1.807) is 0 Å². The second-order valence-corrected chi connectivity index (χ2v) is 4.46. The molecule has 0 N–H and O–H groups in total. The van der Waals surface area contributed by atoms with E-state index in [9.17, 15) is 0 Å². The predicted octanol–water partition coefficient (Wildman–Crippen LogP) is 4.71. The van der Waals surface area contributed by atoms with Gasteiger partial charge in [-0.15, -0.1) is 0 Å². The summed E-state index contributed by atoms with van der Waals surface area (Å²) in [5.74, 6) is 6.11. The Hall–Kier alpha value is -1.97. The van der Waals surface area contributed by atoms with Gasteiger partial charge in [-0.3, -0.25) is 0 Å². The molecule has 0 aliphatic carbocycles. The first-order valence-electron chi connectivity index (χ1n) is 5.74. The second-order valence-electron chi connectivity index (χ2n) is 4.02. The molecule has 0 saturated carbocycles. The third-order valence-corrected chi connectivity index (χ3v) is 2.75. The van der Waals surface area contributed by atoms with Gasteiger partial charge in [-0.25, -0.2) is 0 Å². The van der Waals surface area contributed by atoms with Crippen LogP contribution in [0.2, 0.25) is 5.02 Å². The van der Waals surface area contributed by atoms with Gasteiger partial charge in [0.1, 0.15) is 0 Å². The SMILES string of the molecule is Cc1ccc(C#C/C=C\c2ccc(Cl)cc2)cc1. The fraction of sp³-hybridized carbons (Fsp3) is 0.0588. The standard InChI is InChI=1S/C17H13Cl/c1-14-6-8-15(9-7-14)4-2-3-5-16-10-12-17(18)13-11-16/h3,5-13H,1H3/b5-3-. The van der Waals surface area contributed by atoms with Crippen LogP contribution in [-0.2, 0) is 0 Å². The molecule has 0 aromatic heterocycles. The summed E-state index contributed by atoms with van der Waals surface area (Å²) >= 11 is 5.81. The normalized spacial score (nSPS) is 10.1. The van der Waals surface area contributed by atoms with E-state index >= 15 is 0 Å². The molecule has 0 aliphatic rings. The van der Waals surface area contributed by atoms with Gasteiger partial charge in [0.25, 0.3) is 0 Å². The summed E-state index contributed by atoms with van der Waals surface area (Å²) in [5.41, 5.74) is 3.37. The quantitative estimate of drug-likeness (QED) is 0.645. The first kappa shape index (κ1) is 12.5. The van der Waals surface area contributed by atoms with Crippen LogP contribution < -0.4 is 0 Å². The highest BCUT2D eigenvalue weighted by Crippen LogP contribution is 2.10. The molecule has 2 aromatic rings. The molecule has 2 aromatic carbocycles. The van der Waals surface area contributed by atoms with Crippen molar-refractivity contribution in [1.29, 1.82) is 0 Å². The van der Waals surface area contributed by atoms with Crippen LogP contribution in [0.1, 0.15) is 16.7 Å². The summed E-state index contributed by atoms with van der Waals surface area (Å²) in [6.07, 6.45) is 3.82. The van der Waals surface area contributed by atoms with Crippen molar-refractivity contribution in [3.8, 4) is 11.8 Å². The molecule has 88 valence electrons. The van der Waals surface area contributed by atoms with Crippen LogP contribution in [0, 0.1) is 18.8 Å². The van der Waals surface area contributed by atoms with Gasteiger partial charge < -0.3 is 0 Å². The zero-order valence-electron chi connectivity index (χ0n) is 10.2. The van der Waals surface area contributed by atoms with Crippen LogP contribution >= 0.6 is 11.6 Å². The lowest BCUT2D eigenvalue weighted by molar-refractivity contribution is 1.46. The second kappa shape index (κ2) is 6.10. The van der Waals surface area contributed by atoms with Gasteiger partial charge in [0.05, 0.1) is 0 Å². The maximum absolute atomic E-state index is 5.81. The van der Waals surface area contributed by atoms with Gasteiger partial charge in [-0.1, -0.05) is 53.3 Å². The number of benzene rings is 2. The van der Waals surface area contributed by atoms with E-state index in [2.05, 4.69) is 30.9 Å². The Kier molecular flexibility index (Phi) is 4.23. The van der Waals surface area contributed by atoms with Crippen LogP contribution in [0.15, 0.2) is 54.6 Å². The van der Waals surface area contributed by atoms with E-state index in [-0.39, 0.29) is 0 Å². The van der Waals surface area contributed by atoms with Crippen molar-refractivity contribution in [2.45, 2.75) is 6.92 Å². The lowest BCUT2D eigenvalue weighted by Gasteiger charge is -1.91. The van der Waals surface area contributed by atoms with E-state index < -0.39 is 0 Å². The molecule has 18 heavy (non-hydrogen) atoms. The number of hydrogen-bond donors (Lipinski definition) is 0. The molecule has 0 nitrogen and oxygen atoms in total. The van der Waals surface area contributed by atoms with E-state index in [0.29, 0.717) is 0 Å². The molecular formula is C17H13Cl. The summed E-state index contributed by atoms with van der Waals surface area (Å²) in [6, 6.07) is 15.8. The lowest BCUT2D eigenvalue weighted by Crippen LogP contribution is -1.74. The van der Waals surface area contributed by atoms with Crippen LogP contribution in [0.4, 0.5) is 0 Å². The van der Waals surface area contributed by atoms with Crippen molar-refractivity contribution in [2.24, 2.45) is 0 Å². The monoisotopic (exact) mass is 252 g/mol. The molecule has 0 atom stereocenters. The molecule has 1 heteroatoms. The minimum atomic E-state index is 0.748. The van der Waals surface area contributed by atoms with Gasteiger partial charge >= 0.3 is 0 Å². The number of aryl methyl sites for hydroxylation is 1. The molecule has 0 heterocycles. The molecule has 0 radical (unpaired) electrons. The molecule has 0 bridgehead atoms. The average Bonchev–Trinajstić information content (AvgIpc) is 2.39. The Morgan fingerprint density at radius 3 is 2.28 bits per heavy atom. The van der Waals surface area contributed by atoms with Crippen LogP contribution in [0.25, 0.3) is 6.08 Å². The molecular weight excluding hydrogens is 240 g/mol.